The monoisotopic (exact) mass is 332 g/mol. The largest absolute Gasteiger partial charge is 0.444 e. The maximum atomic E-state index is 11.6. The Bertz CT molecular complexity index is 526. The number of rotatable bonds is 6. The molecule has 0 aliphatic heterocycles. The molecule has 1 amide bonds. The fourth-order valence-electron chi connectivity index (χ4n) is 2.90. The molecule has 1 aliphatic carbocycles. The summed E-state index contributed by atoms with van der Waals surface area (Å²) in [5.74, 6) is 1.70. The van der Waals surface area contributed by atoms with E-state index in [1.54, 1.807) is 0 Å². The lowest BCUT2D eigenvalue weighted by Gasteiger charge is -2.38. The van der Waals surface area contributed by atoms with Crippen molar-refractivity contribution in [3.05, 3.63) is 35.4 Å². The third-order valence-corrected chi connectivity index (χ3v) is 4.57. The molecule has 134 valence electrons. The van der Waals surface area contributed by atoms with Gasteiger partial charge in [0.15, 0.2) is 0 Å². The molecule has 0 aromatic heterocycles. The second-order valence-electron chi connectivity index (χ2n) is 8.23. The number of alkyl carbamates (subject to hydrolysis) is 1. The van der Waals surface area contributed by atoms with Crippen molar-refractivity contribution in [2.24, 2.45) is 11.8 Å². The Labute approximate surface area is 146 Å². The first-order valence-corrected chi connectivity index (χ1v) is 9.01. The zero-order chi connectivity index (χ0) is 17.7. The molecule has 1 aliphatic rings. The third kappa shape index (κ3) is 6.16. The molecule has 2 rings (SSSR count). The van der Waals surface area contributed by atoms with E-state index >= 15 is 0 Å². The molecule has 1 fully saturated rings. The Hall–Kier alpha value is -1.55. The van der Waals surface area contributed by atoms with Gasteiger partial charge in [0.05, 0.1) is 0 Å². The van der Waals surface area contributed by atoms with E-state index in [0.717, 1.165) is 23.9 Å². The fraction of sp³-hybridized carbons (Fsp3) is 0.650. The van der Waals surface area contributed by atoms with Crippen LogP contribution in [0.25, 0.3) is 0 Å². The summed E-state index contributed by atoms with van der Waals surface area (Å²) < 4.78 is 5.23. The summed E-state index contributed by atoms with van der Waals surface area (Å²) in [4.78, 5) is 11.6. The molecule has 0 saturated heterocycles. The SMILES string of the molecule is CC(C)C1CC(NCc2ccc(CNC(=O)OC(C)(C)C)cc2)C1. The first-order chi connectivity index (χ1) is 11.2. The lowest BCUT2D eigenvalue weighted by atomic mass is 9.73. The second-order valence-corrected chi connectivity index (χ2v) is 8.23. The van der Waals surface area contributed by atoms with Crippen molar-refractivity contribution in [2.75, 3.05) is 0 Å². The van der Waals surface area contributed by atoms with Crippen LogP contribution >= 0.6 is 0 Å². The van der Waals surface area contributed by atoms with Crippen LogP contribution < -0.4 is 10.6 Å². The maximum absolute atomic E-state index is 11.6. The van der Waals surface area contributed by atoms with E-state index < -0.39 is 5.60 Å². The number of carbonyl (C=O) groups excluding carboxylic acids is 1. The van der Waals surface area contributed by atoms with Crippen LogP contribution in [0.2, 0.25) is 0 Å². The smallest absolute Gasteiger partial charge is 0.407 e. The summed E-state index contributed by atoms with van der Waals surface area (Å²) in [7, 11) is 0. The van der Waals surface area contributed by atoms with Gasteiger partial charge in [-0.2, -0.15) is 0 Å². The van der Waals surface area contributed by atoms with Gasteiger partial charge in [0.1, 0.15) is 5.60 Å². The standard InChI is InChI=1S/C20H32N2O2/c1-14(2)17-10-18(11-17)21-12-15-6-8-16(9-7-15)13-22-19(23)24-20(3,4)5/h6-9,14,17-18,21H,10-13H2,1-5H3,(H,22,23). The van der Waals surface area contributed by atoms with E-state index in [0.29, 0.717) is 12.6 Å². The van der Waals surface area contributed by atoms with E-state index in [1.165, 1.54) is 18.4 Å². The summed E-state index contributed by atoms with van der Waals surface area (Å²) in [6, 6.07) is 9.04. The number of nitrogens with one attached hydrogen (secondary N) is 2. The molecular weight excluding hydrogens is 300 g/mol. The quantitative estimate of drug-likeness (QED) is 0.819. The van der Waals surface area contributed by atoms with Crippen molar-refractivity contribution in [2.45, 2.75) is 72.2 Å². The lowest BCUT2D eigenvalue weighted by Crippen LogP contribution is -2.42. The van der Waals surface area contributed by atoms with Gasteiger partial charge in [-0.15, -0.1) is 0 Å². The van der Waals surface area contributed by atoms with Crippen molar-refractivity contribution in [3.63, 3.8) is 0 Å². The highest BCUT2D eigenvalue weighted by molar-refractivity contribution is 5.67. The number of hydrogen-bond donors (Lipinski definition) is 2. The Balaban J connectivity index is 1.68. The highest BCUT2D eigenvalue weighted by Gasteiger charge is 2.30. The molecule has 0 bridgehead atoms. The van der Waals surface area contributed by atoms with E-state index in [9.17, 15) is 4.79 Å². The molecule has 1 aromatic carbocycles. The van der Waals surface area contributed by atoms with Gasteiger partial charge in [0.25, 0.3) is 0 Å². The van der Waals surface area contributed by atoms with Gasteiger partial charge >= 0.3 is 6.09 Å². The summed E-state index contributed by atoms with van der Waals surface area (Å²) in [5, 5.41) is 6.41. The average molecular weight is 332 g/mol. The molecule has 0 atom stereocenters. The van der Waals surface area contributed by atoms with E-state index in [1.807, 2.05) is 20.8 Å². The zero-order valence-corrected chi connectivity index (χ0v) is 15.7. The van der Waals surface area contributed by atoms with Crippen LogP contribution in [0.5, 0.6) is 0 Å². The summed E-state index contributed by atoms with van der Waals surface area (Å²) in [6.45, 7) is 11.6. The summed E-state index contributed by atoms with van der Waals surface area (Å²) in [5.41, 5.74) is 1.90. The number of carbonyl (C=O) groups is 1. The molecule has 1 aromatic rings. The molecule has 2 N–H and O–H groups in total. The molecule has 4 nitrogen and oxygen atoms in total. The van der Waals surface area contributed by atoms with Crippen molar-refractivity contribution < 1.29 is 9.53 Å². The van der Waals surface area contributed by atoms with Crippen LogP contribution in [-0.4, -0.2) is 17.7 Å². The topological polar surface area (TPSA) is 50.4 Å². The highest BCUT2D eigenvalue weighted by Crippen LogP contribution is 2.33. The van der Waals surface area contributed by atoms with Gasteiger partial charge < -0.3 is 15.4 Å². The van der Waals surface area contributed by atoms with Crippen LogP contribution in [0, 0.1) is 11.8 Å². The van der Waals surface area contributed by atoms with Gasteiger partial charge in [-0.25, -0.2) is 4.79 Å². The van der Waals surface area contributed by atoms with Crippen LogP contribution in [0.15, 0.2) is 24.3 Å². The Morgan fingerprint density at radius 2 is 1.67 bits per heavy atom. The molecule has 0 unspecified atom stereocenters. The van der Waals surface area contributed by atoms with Crippen LogP contribution in [0.1, 0.15) is 58.6 Å². The molecule has 0 spiro atoms. The highest BCUT2D eigenvalue weighted by atomic mass is 16.6. The minimum Gasteiger partial charge on any atom is -0.444 e. The zero-order valence-electron chi connectivity index (χ0n) is 15.7. The minimum absolute atomic E-state index is 0.377. The second kappa shape index (κ2) is 8.02. The van der Waals surface area contributed by atoms with Crippen LogP contribution in [-0.2, 0) is 17.8 Å². The molecule has 0 heterocycles. The Kier molecular flexibility index (Phi) is 6.27. The van der Waals surface area contributed by atoms with Gasteiger partial charge in [0, 0.05) is 19.1 Å². The van der Waals surface area contributed by atoms with E-state index in [2.05, 4.69) is 48.7 Å². The predicted molar refractivity (Wildman–Crippen MR) is 97.7 cm³/mol. The van der Waals surface area contributed by atoms with Crippen molar-refractivity contribution in [1.29, 1.82) is 0 Å². The summed E-state index contributed by atoms with van der Waals surface area (Å²) >= 11 is 0. The number of benzene rings is 1. The van der Waals surface area contributed by atoms with Gasteiger partial charge in [-0.3, -0.25) is 0 Å². The van der Waals surface area contributed by atoms with Crippen LogP contribution in [0.3, 0.4) is 0 Å². The molecule has 0 radical (unpaired) electrons. The normalized spacial score (nSPS) is 20.6. The lowest BCUT2D eigenvalue weighted by molar-refractivity contribution is 0.0523. The molecule has 24 heavy (non-hydrogen) atoms. The average Bonchev–Trinajstić information content (AvgIpc) is 2.42. The van der Waals surface area contributed by atoms with Crippen LogP contribution in [0.4, 0.5) is 4.79 Å². The fourth-order valence-corrected chi connectivity index (χ4v) is 2.90. The number of ether oxygens (including phenoxy) is 1. The summed E-state index contributed by atoms with van der Waals surface area (Å²) in [6.07, 6.45) is 2.23. The Morgan fingerprint density at radius 3 is 2.17 bits per heavy atom. The minimum atomic E-state index is -0.463. The van der Waals surface area contributed by atoms with E-state index in [4.69, 9.17) is 4.74 Å². The van der Waals surface area contributed by atoms with Gasteiger partial charge in [-0.05, 0) is 56.6 Å². The molecular formula is C20H32N2O2. The van der Waals surface area contributed by atoms with Crippen molar-refractivity contribution in [3.8, 4) is 0 Å². The predicted octanol–water partition coefficient (Wildman–Crippen LogP) is 4.24. The molecule has 4 heteroatoms. The van der Waals surface area contributed by atoms with E-state index in [-0.39, 0.29) is 6.09 Å². The van der Waals surface area contributed by atoms with Crippen molar-refractivity contribution in [1.82, 2.24) is 10.6 Å². The number of hydrogen-bond acceptors (Lipinski definition) is 3. The first-order valence-electron chi connectivity index (χ1n) is 9.01. The Morgan fingerprint density at radius 1 is 1.12 bits per heavy atom. The molecule has 1 saturated carbocycles. The number of amides is 1. The van der Waals surface area contributed by atoms with Gasteiger partial charge in [0.2, 0.25) is 0 Å². The third-order valence-electron chi connectivity index (χ3n) is 4.57. The van der Waals surface area contributed by atoms with Crippen molar-refractivity contribution >= 4 is 6.09 Å². The van der Waals surface area contributed by atoms with Gasteiger partial charge in [-0.1, -0.05) is 38.1 Å². The first kappa shape index (κ1) is 18.8. The maximum Gasteiger partial charge on any atom is 0.407 e.